The SMILES string of the molecule is COC1CCN(CCC(=O)Nc2cccc(F)c2)C(CN)C1.Cl. The van der Waals surface area contributed by atoms with E-state index in [1.807, 2.05) is 0 Å². The zero-order valence-electron chi connectivity index (χ0n) is 13.3. The highest BCUT2D eigenvalue weighted by molar-refractivity contribution is 5.90. The van der Waals surface area contributed by atoms with Gasteiger partial charge in [-0.05, 0) is 31.0 Å². The van der Waals surface area contributed by atoms with Crippen molar-refractivity contribution in [2.45, 2.75) is 31.4 Å². The quantitative estimate of drug-likeness (QED) is 0.827. The predicted octanol–water partition coefficient (Wildman–Crippen LogP) is 2.01. The summed E-state index contributed by atoms with van der Waals surface area (Å²) >= 11 is 0. The maximum Gasteiger partial charge on any atom is 0.225 e. The number of ether oxygens (including phenoxy) is 1. The molecule has 1 fully saturated rings. The summed E-state index contributed by atoms with van der Waals surface area (Å²) in [6.07, 6.45) is 2.48. The fourth-order valence-electron chi connectivity index (χ4n) is 2.85. The summed E-state index contributed by atoms with van der Waals surface area (Å²) in [4.78, 5) is 14.2. The summed E-state index contributed by atoms with van der Waals surface area (Å²) in [5, 5.41) is 2.71. The Morgan fingerprint density at radius 2 is 2.30 bits per heavy atom. The molecule has 1 amide bonds. The molecule has 1 heterocycles. The standard InChI is InChI=1S/C16H24FN3O2.ClH/c1-22-15-5-7-20(14(10-15)11-18)8-6-16(21)19-13-4-2-3-12(17)9-13;/h2-4,9,14-15H,5-8,10-11,18H2,1H3,(H,19,21);1H. The molecule has 2 atom stereocenters. The molecule has 1 saturated heterocycles. The van der Waals surface area contributed by atoms with Gasteiger partial charge in [0.05, 0.1) is 6.10 Å². The van der Waals surface area contributed by atoms with Crippen LogP contribution in [0.5, 0.6) is 0 Å². The average molecular weight is 346 g/mol. The molecule has 0 aliphatic carbocycles. The number of rotatable bonds is 6. The van der Waals surface area contributed by atoms with Crippen LogP contribution in [0.2, 0.25) is 0 Å². The Hall–Kier alpha value is -1.21. The highest BCUT2D eigenvalue weighted by Crippen LogP contribution is 2.19. The van der Waals surface area contributed by atoms with Gasteiger partial charge < -0.3 is 15.8 Å². The molecule has 3 N–H and O–H groups in total. The van der Waals surface area contributed by atoms with Gasteiger partial charge in [0.25, 0.3) is 0 Å². The third-order valence-corrected chi connectivity index (χ3v) is 4.13. The molecule has 0 aromatic heterocycles. The van der Waals surface area contributed by atoms with Crippen molar-refractivity contribution < 1.29 is 13.9 Å². The maximum absolute atomic E-state index is 13.1. The van der Waals surface area contributed by atoms with Gasteiger partial charge in [0.2, 0.25) is 5.91 Å². The molecule has 0 saturated carbocycles. The Labute approximate surface area is 142 Å². The summed E-state index contributed by atoms with van der Waals surface area (Å²) < 4.78 is 18.5. The minimum atomic E-state index is -0.359. The summed E-state index contributed by atoms with van der Waals surface area (Å²) in [5.74, 6) is -0.474. The number of amides is 1. The predicted molar refractivity (Wildman–Crippen MR) is 91.3 cm³/mol. The molecule has 5 nitrogen and oxygen atoms in total. The molecule has 23 heavy (non-hydrogen) atoms. The van der Waals surface area contributed by atoms with E-state index in [9.17, 15) is 9.18 Å². The van der Waals surface area contributed by atoms with E-state index in [0.717, 1.165) is 19.4 Å². The number of nitrogens with one attached hydrogen (secondary N) is 1. The number of methoxy groups -OCH3 is 1. The van der Waals surface area contributed by atoms with Crippen LogP contribution in [-0.4, -0.2) is 49.7 Å². The van der Waals surface area contributed by atoms with Gasteiger partial charge in [0, 0.05) is 44.9 Å². The molecule has 1 aliphatic heterocycles. The number of nitrogens with zero attached hydrogens (tertiary/aromatic N) is 1. The summed E-state index contributed by atoms with van der Waals surface area (Å²) in [6, 6.07) is 6.16. The highest BCUT2D eigenvalue weighted by atomic mass is 35.5. The Morgan fingerprint density at radius 1 is 1.52 bits per heavy atom. The van der Waals surface area contributed by atoms with Gasteiger partial charge in [-0.3, -0.25) is 9.69 Å². The number of benzene rings is 1. The van der Waals surface area contributed by atoms with E-state index >= 15 is 0 Å². The largest absolute Gasteiger partial charge is 0.381 e. The van der Waals surface area contributed by atoms with E-state index in [2.05, 4.69) is 10.2 Å². The minimum Gasteiger partial charge on any atom is -0.381 e. The summed E-state index contributed by atoms with van der Waals surface area (Å²) in [6.45, 7) is 2.10. The van der Waals surface area contributed by atoms with Gasteiger partial charge in [0.1, 0.15) is 5.82 Å². The number of hydrogen-bond donors (Lipinski definition) is 2. The Kier molecular flexibility index (Phi) is 8.47. The summed E-state index contributed by atoms with van der Waals surface area (Å²) in [7, 11) is 1.72. The molecule has 7 heteroatoms. The Bertz CT molecular complexity index is 504. The fraction of sp³-hybridized carbons (Fsp3) is 0.562. The van der Waals surface area contributed by atoms with Crippen molar-refractivity contribution in [2.24, 2.45) is 5.73 Å². The van der Waals surface area contributed by atoms with E-state index in [1.54, 1.807) is 19.2 Å². The summed E-state index contributed by atoms with van der Waals surface area (Å²) in [5.41, 5.74) is 6.30. The maximum atomic E-state index is 13.1. The van der Waals surface area contributed by atoms with Crippen LogP contribution in [0.1, 0.15) is 19.3 Å². The van der Waals surface area contributed by atoms with Crippen molar-refractivity contribution in [1.29, 1.82) is 0 Å². The van der Waals surface area contributed by atoms with Gasteiger partial charge in [-0.2, -0.15) is 0 Å². The number of carbonyl (C=O) groups excluding carboxylic acids is 1. The first-order valence-electron chi connectivity index (χ1n) is 7.64. The lowest BCUT2D eigenvalue weighted by Gasteiger charge is -2.38. The van der Waals surface area contributed by atoms with E-state index in [4.69, 9.17) is 10.5 Å². The van der Waals surface area contributed by atoms with Crippen molar-refractivity contribution in [3.63, 3.8) is 0 Å². The lowest BCUT2D eigenvalue weighted by Crippen LogP contribution is -2.49. The number of likely N-dealkylation sites (tertiary alicyclic amines) is 1. The van der Waals surface area contributed by atoms with E-state index < -0.39 is 0 Å². The lowest BCUT2D eigenvalue weighted by molar-refractivity contribution is -0.116. The number of anilines is 1. The Morgan fingerprint density at radius 3 is 2.96 bits per heavy atom. The normalized spacial score (nSPS) is 21.5. The second-order valence-corrected chi connectivity index (χ2v) is 5.62. The van der Waals surface area contributed by atoms with Crippen LogP contribution in [0.15, 0.2) is 24.3 Å². The number of hydrogen-bond acceptors (Lipinski definition) is 4. The number of nitrogens with two attached hydrogens (primary N) is 1. The Balaban J connectivity index is 0.00000264. The van der Waals surface area contributed by atoms with Gasteiger partial charge in [-0.15, -0.1) is 12.4 Å². The van der Waals surface area contributed by atoms with Crippen molar-refractivity contribution in [3.8, 4) is 0 Å². The van der Waals surface area contributed by atoms with Crippen molar-refractivity contribution >= 4 is 24.0 Å². The minimum absolute atomic E-state index is 0. The van der Waals surface area contributed by atoms with E-state index in [0.29, 0.717) is 25.2 Å². The van der Waals surface area contributed by atoms with Crippen LogP contribution in [-0.2, 0) is 9.53 Å². The number of halogens is 2. The van der Waals surface area contributed by atoms with Gasteiger partial charge >= 0.3 is 0 Å². The molecule has 0 spiro atoms. The molecule has 2 rings (SSSR count). The first-order chi connectivity index (χ1) is 10.6. The third-order valence-electron chi connectivity index (χ3n) is 4.13. The molecule has 2 unspecified atom stereocenters. The fourth-order valence-corrected chi connectivity index (χ4v) is 2.85. The molecule has 0 bridgehead atoms. The van der Waals surface area contributed by atoms with Crippen LogP contribution < -0.4 is 11.1 Å². The van der Waals surface area contributed by atoms with Crippen molar-refractivity contribution in [1.82, 2.24) is 4.90 Å². The number of piperidine rings is 1. The van der Waals surface area contributed by atoms with Gasteiger partial charge in [-0.25, -0.2) is 4.39 Å². The van der Waals surface area contributed by atoms with Crippen LogP contribution in [0.3, 0.4) is 0 Å². The number of carbonyl (C=O) groups is 1. The van der Waals surface area contributed by atoms with E-state index in [1.165, 1.54) is 12.1 Å². The topological polar surface area (TPSA) is 67.6 Å². The van der Waals surface area contributed by atoms with Crippen LogP contribution in [0.4, 0.5) is 10.1 Å². The second-order valence-electron chi connectivity index (χ2n) is 5.62. The molecule has 1 aliphatic rings. The lowest BCUT2D eigenvalue weighted by atomic mass is 9.99. The van der Waals surface area contributed by atoms with Crippen molar-refractivity contribution in [2.75, 3.05) is 32.1 Å². The van der Waals surface area contributed by atoms with Crippen molar-refractivity contribution in [3.05, 3.63) is 30.1 Å². The van der Waals surface area contributed by atoms with Crippen LogP contribution >= 0.6 is 12.4 Å². The zero-order chi connectivity index (χ0) is 15.9. The molecule has 130 valence electrons. The first kappa shape index (κ1) is 19.8. The van der Waals surface area contributed by atoms with Crippen LogP contribution in [0.25, 0.3) is 0 Å². The highest BCUT2D eigenvalue weighted by Gasteiger charge is 2.27. The smallest absolute Gasteiger partial charge is 0.225 e. The monoisotopic (exact) mass is 345 g/mol. The third kappa shape index (κ3) is 6.06. The first-order valence-corrected chi connectivity index (χ1v) is 7.64. The molecule has 1 aromatic carbocycles. The molecule has 0 radical (unpaired) electrons. The second kappa shape index (κ2) is 9.82. The zero-order valence-corrected chi connectivity index (χ0v) is 14.2. The van der Waals surface area contributed by atoms with Crippen LogP contribution in [0, 0.1) is 5.82 Å². The molecule has 1 aromatic rings. The van der Waals surface area contributed by atoms with E-state index in [-0.39, 0.29) is 36.3 Å². The van der Waals surface area contributed by atoms with Gasteiger partial charge in [-0.1, -0.05) is 6.07 Å². The van der Waals surface area contributed by atoms with Gasteiger partial charge in [0.15, 0.2) is 0 Å². The molecular formula is C16H25ClFN3O2. The molecular weight excluding hydrogens is 321 g/mol. The average Bonchev–Trinajstić information content (AvgIpc) is 2.52.